The molecule has 0 atom stereocenters. The maximum absolute atomic E-state index is 5.78. The van der Waals surface area contributed by atoms with Crippen molar-refractivity contribution in [3.05, 3.63) is 62.7 Å². The maximum atomic E-state index is 5.78. The van der Waals surface area contributed by atoms with Crippen LogP contribution in [0.5, 0.6) is 0 Å². The third kappa shape index (κ3) is 2.50. The van der Waals surface area contributed by atoms with Gasteiger partial charge in [0.15, 0.2) is 0 Å². The molecular weight excluding hydrogens is 382 g/mol. The molecule has 0 unspecified atom stereocenters. The highest BCUT2D eigenvalue weighted by Gasteiger charge is 2.11. The minimum absolute atomic E-state index is 0.726. The summed E-state index contributed by atoms with van der Waals surface area (Å²) in [6, 6.07) is 14.2. The second kappa shape index (κ2) is 5.62. The largest absolute Gasteiger partial charge is 0.461 e. The van der Waals surface area contributed by atoms with E-state index < -0.39 is 0 Å². The van der Waals surface area contributed by atoms with Gasteiger partial charge in [0.25, 0.3) is 0 Å². The molecule has 0 bridgehead atoms. The van der Waals surface area contributed by atoms with Crippen molar-refractivity contribution in [2.24, 2.45) is 0 Å². The summed E-state index contributed by atoms with van der Waals surface area (Å²) in [6.07, 6.45) is 0. The van der Waals surface area contributed by atoms with Gasteiger partial charge in [-0.2, -0.15) is 0 Å². The maximum Gasteiger partial charge on any atom is 0.134 e. The molecule has 0 aliphatic heterocycles. The molecular formula is C16H13Br2NO. The topological polar surface area (TPSA) is 25.2 Å². The van der Waals surface area contributed by atoms with Crippen LogP contribution in [0.15, 0.2) is 55.8 Å². The number of aryl methyl sites for hydroxylation is 1. The van der Waals surface area contributed by atoms with E-state index in [1.807, 2.05) is 43.3 Å². The number of rotatable bonds is 3. The SMILES string of the molecule is Cc1oc2ccccc2c1CNc1c(Br)cccc1Br. The van der Waals surface area contributed by atoms with E-state index in [1.54, 1.807) is 0 Å². The van der Waals surface area contributed by atoms with E-state index in [0.29, 0.717) is 0 Å². The molecule has 0 aliphatic rings. The molecule has 0 spiro atoms. The van der Waals surface area contributed by atoms with Crippen molar-refractivity contribution in [3.8, 4) is 0 Å². The van der Waals surface area contributed by atoms with Gasteiger partial charge >= 0.3 is 0 Å². The van der Waals surface area contributed by atoms with Gasteiger partial charge in [0, 0.05) is 26.4 Å². The fourth-order valence-corrected chi connectivity index (χ4v) is 3.56. The second-order valence-electron chi connectivity index (χ2n) is 4.58. The van der Waals surface area contributed by atoms with Crippen molar-refractivity contribution in [2.75, 3.05) is 5.32 Å². The zero-order chi connectivity index (χ0) is 14.1. The van der Waals surface area contributed by atoms with Gasteiger partial charge in [-0.25, -0.2) is 0 Å². The molecule has 0 fully saturated rings. The molecule has 0 saturated carbocycles. The van der Waals surface area contributed by atoms with Crippen molar-refractivity contribution in [1.82, 2.24) is 0 Å². The molecule has 102 valence electrons. The molecule has 20 heavy (non-hydrogen) atoms. The van der Waals surface area contributed by atoms with E-state index in [1.165, 1.54) is 10.9 Å². The Bertz CT molecular complexity index is 744. The zero-order valence-corrected chi connectivity index (χ0v) is 14.1. The fraction of sp³-hybridized carbons (Fsp3) is 0.125. The highest BCUT2D eigenvalue weighted by molar-refractivity contribution is 9.11. The fourth-order valence-electron chi connectivity index (χ4n) is 2.28. The summed E-state index contributed by atoms with van der Waals surface area (Å²) in [7, 11) is 0. The van der Waals surface area contributed by atoms with Crippen molar-refractivity contribution in [3.63, 3.8) is 0 Å². The Kier molecular flexibility index (Phi) is 3.85. The molecule has 0 radical (unpaired) electrons. The summed E-state index contributed by atoms with van der Waals surface area (Å²) in [5.74, 6) is 0.960. The van der Waals surface area contributed by atoms with Crippen LogP contribution in [0.25, 0.3) is 11.0 Å². The molecule has 1 heterocycles. The van der Waals surface area contributed by atoms with Crippen LogP contribution < -0.4 is 5.32 Å². The summed E-state index contributed by atoms with van der Waals surface area (Å²) in [5.41, 5.74) is 3.19. The standard InChI is InChI=1S/C16H13Br2NO/c1-10-12(11-5-2-3-8-15(11)20-10)9-19-16-13(17)6-4-7-14(16)18/h2-8,19H,9H2,1H3. The lowest BCUT2D eigenvalue weighted by atomic mass is 10.1. The average Bonchev–Trinajstić information content (AvgIpc) is 2.74. The Morgan fingerprint density at radius 3 is 2.45 bits per heavy atom. The van der Waals surface area contributed by atoms with Gasteiger partial charge in [-0.05, 0) is 57.0 Å². The van der Waals surface area contributed by atoms with Gasteiger partial charge in [-0.1, -0.05) is 24.3 Å². The summed E-state index contributed by atoms with van der Waals surface area (Å²) < 4.78 is 7.86. The molecule has 3 rings (SSSR count). The minimum Gasteiger partial charge on any atom is -0.461 e. The number of fused-ring (bicyclic) bond motifs is 1. The third-order valence-corrected chi connectivity index (χ3v) is 4.63. The molecule has 3 aromatic rings. The molecule has 4 heteroatoms. The molecule has 2 aromatic carbocycles. The Labute approximate surface area is 134 Å². The first-order chi connectivity index (χ1) is 9.66. The number of benzene rings is 2. The lowest BCUT2D eigenvalue weighted by Gasteiger charge is -2.10. The predicted octanol–water partition coefficient (Wildman–Crippen LogP) is 5.88. The summed E-state index contributed by atoms with van der Waals surface area (Å²) in [5, 5.41) is 4.63. The Balaban J connectivity index is 1.93. The normalized spacial score (nSPS) is 10.9. The van der Waals surface area contributed by atoms with Gasteiger partial charge < -0.3 is 9.73 Å². The van der Waals surface area contributed by atoms with Crippen LogP contribution in [0.2, 0.25) is 0 Å². The van der Waals surface area contributed by atoms with E-state index in [4.69, 9.17) is 4.42 Å². The van der Waals surface area contributed by atoms with Crippen LogP contribution in [-0.2, 0) is 6.54 Å². The molecule has 1 aromatic heterocycles. The first-order valence-corrected chi connectivity index (χ1v) is 7.90. The second-order valence-corrected chi connectivity index (χ2v) is 6.29. The third-order valence-electron chi connectivity index (χ3n) is 3.30. The highest BCUT2D eigenvalue weighted by atomic mass is 79.9. The van der Waals surface area contributed by atoms with E-state index in [9.17, 15) is 0 Å². The number of halogens is 2. The van der Waals surface area contributed by atoms with Gasteiger partial charge in [-0.15, -0.1) is 0 Å². The number of anilines is 1. The Morgan fingerprint density at radius 2 is 1.70 bits per heavy atom. The van der Waals surface area contributed by atoms with Crippen LogP contribution in [0.1, 0.15) is 11.3 Å². The molecule has 1 N–H and O–H groups in total. The summed E-state index contributed by atoms with van der Waals surface area (Å²) in [6.45, 7) is 2.73. The van der Waals surface area contributed by atoms with Crippen molar-refractivity contribution in [2.45, 2.75) is 13.5 Å². The van der Waals surface area contributed by atoms with E-state index in [-0.39, 0.29) is 0 Å². The van der Waals surface area contributed by atoms with E-state index >= 15 is 0 Å². The lowest BCUT2D eigenvalue weighted by Crippen LogP contribution is -2.01. The lowest BCUT2D eigenvalue weighted by molar-refractivity contribution is 0.573. The minimum atomic E-state index is 0.726. The van der Waals surface area contributed by atoms with Gasteiger partial charge in [0.1, 0.15) is 11.3 Å². The quantitative estimate of drug-likeness (QED) is 0.600. The summed E-state index contributed by atoms with van der Waals surface area (Å²) >= 11 is 7.13. The van der Waals surface area contributed by atoms with Crippen LogP contribution >= 0.6 is 31.9 Å². The van der Waals surface area contributed by atoms with Gasteiger partial charge in [0.2, 0.25) is 0 Å². The first-order valence-electron chi connectivity index (χ1n) is 6.31. The molecule has 0 aliphatic carbocycles. The van der Waals surface area contributed by atoms with Gasteiger partial charge in [-0.3, -0.25) is 0 Å². The van der Waals surface area contributed by atoms with Crippen LogP contribution in [0.3, 0.4) is 0 Å². The monoisotopic (exact) mass is 393 g/mol. The first kappa shape index (κ1) is 13.7. The van der Waals surface area contributed by atoms with Crippen molar-refractivity contribution >= 4 is 48.5 Å². The summed E-state index contributed by atoms with van der Waals surface area (Å²) in [4.78, 5) is 0. The Morgan fingerprint density at radius 1 is 1.00 bits per heavy atom. The number of furan rings is 1. The molecule has 0 saturated heterocycles. The Hall–Kier alpha value is -1.26. The van der Waals surface area contributed by atoms with Crippen LogP contribution in [0, 0.1) is 6.92 Å². The zero-order valence-electron chi connectivity index (χ0n) is 10.9. The number of hydrogen-bond donors (Lipinski definition) is 1. The van der Waals surface area contributed by atoms with Crippen LogP contribution in [0.4, 0.5) is 5.69 Å². The molecule has 0 amide bonds. The van der Waals surface area contributed by atoms with Crippen molar-refractivity contribution in [1.29, 1.82) is 0 Å². The highest BCUT2D eigenvalue weighted by Crippen LogP contribution is 2.32. The smallest absolute Gasteiger partial charge is 0.134 e. The number of hydrogen-bond acceptors (Lipinski definition) is 2. The van der Waals surface area contributed by atoms with E-state index in [0.717, 1.165) is 32.5 Å². The average molecular weight is 395 g/mol. The van der Waals surface area contributed by atoms with Gasteiger partial charge in [0.05, 0.1) is 5.69 Å². The van der Waals surface area contributed by atoms with Crippen molar-refractivity contribution < 1.29 is 4.42 Å². The molecule has 2 nitrogen and oxygen atoms in total. The number of nitrogens with one attached hydrogen (secondary N) is 1. The van der Waals surface area contributed by atoms with E-state index in [2.05, 4.69) is 43.2 Å². The number of para-hydroxylation sites is 2. The predicted molar refractivity (Wildman–Crippen MR) is 90.1 cm³/mol. The van der Waals surface area contributed by atoms with Crippen LogP contribution in [-0.4, -0.2) is 0 Å².